The molecule has 1 rings (SSSR count). The van der Waals surface area contributed by atoms with E-state index in [0.717, 1.165) is 18.7 Å². The molecule has 0 unspecified atom stereocenters. The zero-order valence-corrected chi connectivity index (χ0v) is 12.8. The third-order valence-electron chi connectivity index (χ3n) is 2.56. The van der Waals surface area contributed by atoms with Crippen molar-refractivity contribution in [2.75, 3.05) is 25.1 Å². The van der Waals surface area contributed by atoms with Gasteiger partial charge in [-0.2, -0.15) is 0 Å². The van der Waals surface area contributed by atoms with Crippen molar-refractivity contribution < 1.29 is 9.66 Å². The smallest absolute Gasteiger partial charge is 0.270 e. The van der Waals surface area contributed by atoms with Crippen molar-refractivity contribution in [2.24, 2.45) is 5.92 Å². The molecule has 6 heteroatoms. The van der Waals surface area contributed by atoms with E-state index in [-0.39, 0.29) is 5.69 Å². The first-order valence-electron chi connectivity index (χ1n) is 6.26. The highest BCUT2D eigenvalue weighted by Crippen LogP contribution is 2.26. The quantitative estimate of drug-likeness (QED) is 0.447. The van der Waals surface area contributed by atoms with E-state index in [1.807, 2.05) is 0 Å². The highest BCUT2D eigenvalue weighted by Gasteiger charge is 2.08. The molecule has 1 N–H and O–H groups in total. The summed E-state index contributed by atoms with van der Waals surface area (Å²) in [5, 5.41) is 13.8. The number of anilines is 1. The molecule has 0 saturated heterocycles. The summed E-state index contributed by atoms with van der Waals surface area (Å²) in [5.74, 6) is 0.650. The monoisotopic (exact) mass is 330 g/mol. The average molecular weight is 331 g/mol. The number of non-ortho nitro benzene ring substituents is 1. The number of hydrogen-bond donors (Lipinski definition) is 1. The molecule has 0 heterocycles. The summed E-state index contributed by atoms with van der Waals surface area (Å²) in [5.41, 5.74) is 0.906. The molecule has 0 spiro atoms. The largest absolute Gasteiger partial charge is 0.382 e. The molecule has 0 saturated carbocycles. The highest BCUT2D eigenvalue weighted by molar-refractivity contribution is 9.10. The van der Waals surface area contributed by atoms with E-state index in [9.17, 15) is 10.1 Å². The second-order valence-corrected chi connectivity index (χ2v) is 5.50. The number of nitrogens with zero attached hydrogens (tertiary/aromatic N) is 1. The lowest BCUT2D eigenvalue weighted by Crippen LogP contribution is -2.11. The number of rotatable bonds is 8. The van der Waals surface area contributed by atoms with Gasteiger partial charge in [-0.05, 0) is 34.3 Å². The van der Waals surface area contributed by atoms with Crippen molar-refractivity contribution in [3.05, 3.63) is 32.8 Å². The van der Waals surface area contributed by atoms with Crippen LogP contribution in [0.1, 0.15) is 20.3 Å². The standard InChI is InChI=1S/C13H19BrN2O3/c1-10(2)5-7-19-8-6-15-13-4-3-11(16(17)18)9-12(13)14/h3-4,9-10,15H,5-8H2,1-2H3. The Morgan fingerprint density at radius 3 is 2.74 bits per heavy atom. The molecular formula is C13H19BrN2O3. The molecule has 0 radical (unpaired) electrons. The third-order valence-corrected chi connectivity index (χ3v) is 3.22. The summed E-state index contributed by atoms with van der Waals surface area (Å²) in [6.45, 7) is 6.39. The number of nitro groups is 1. The Kier molecular flexibility index (Phi) is 6.80. The van der Waals surface area contributed by atoms with Crippen molar-refractivity contribution in [2.45, 2.75) is 20.3 Å². The van der Waals surface area contributed by atoms with Crippen LogP contribution in [0.15, 0.2) is 22.7 Å². The summed E-state index contributed by atoms with van der Waals surface area (Å²) in [7, 11) is 0. The van der Waals surface area contributed by atoms with E-state index in [2.05, 4.69) is 35.1 Å². The first-order chi connectivity index (χ1) is 9.00. The van der Waals surface area contributed by atoms with Crippen LogP contribution in [0.25, 0.3) is 0 Å². The minimum absolute atomic E-state index is 0.0746. The number of hydrogen-bond acceptors (Lipinski definition) is 4. The van der Waals surface area contributed by atoms with Crippen LogP contribution in [0.3, 0.4) is 0 Å². The normalized spacial score (nSPS) is 10.7. The molecule has 0 aliphatic heterocycles. The molecule has 0 amide bonds. The summed E-state index contributed by atoms with van der Waals surface area (Å²) in [6.07, 6.45) is 1.06. The van der Waals surface area contributed by atoms with Crippen LogP contribution in [0.4, 0.5) is 11.4 Å². The fraction of sp³-hybridized carbons (Fsp3) is 0.538. The van der Waals surface area contributed by atoms with Crippen molar-refractivity contribution in [1.82, 2.24) is 0 Å². The Labute approximate surface area is 121 Å². The van der Waals surface area contributed by atoms with Crippen molar-refractivity contribution in [1.29, 1.82) is 0 Å². The van der Waals surface area contributed by atoms with E-state index in [4.69, 9.17) is 4.74 Å². The lowest BCUT2D eigenvalue weighted by molar-refractivity contribution is -0.384. The van der Waals surface area contributed by atoms with Gasteiger partial charge in [0.15, 0.2) is 0 Å². The van der Waals surface area contributed by atoms with Gasteiger partial charge in [0.2, 0.25) is 0 Å². The van der Waals surface area contributed by atoms with Gasteiger partial charge in [-0.25, -0.2) is 0 Å². The van der Waals surface area contributed by atoms with Crippen LogP contribution >= 0.6 is 15.9 Å². The molecule has 0 aromatic heterocycles. The Morgan fingerprint density at radius 1 is 1.42 bits per heavy atom. The van der Waals surface area contributed by atoms with Gasteiger partial charge in [-0.1, -0.05) is 13.8 Å². The van der Waals surface area contributed by atoms with E-state index in [1.165, 1.54) is 12.1 Å². The maximum absolute atomic E-state index is 10.6. The summed E-state index contributed by atoms with van der Waals surface area (Å²) < 4.78 is 6.17. The Balaban J connectivity index is 2.32. The van der Waals surface area contributed by atoms with E-state index >= 15 is 0 Å². The fourth-order valence-corrected chi connectivity index (χ4v) is 1.95. The summed E-state index contributed by atoms with van der Waals surface area (Å²) >= 11 is 3.31. The second kappa shape index (κ2) is 8.12. The zero-order valence-electron chi connectivity index (χ0n) is 11.2. The maximum atomic E-state index is 10.6. The van der Waals surface area contributed by atoms with Crippen LogP contribution in [0.2, 0.25) is 0 Å². The lowest BCUT2D eigenvalue weighted by atomic mass is 10.1. The lowest BCUT2D eigenvalue weighted by Gasteiger charge is -2.09. The van der Waals surface area contributed by atoms with Crippen LogP contribution in [0.5, 0.6) is 0 Å². The Hall–Kier alpha value is -1.14. The first-order valence-corrected chi connectivity index (χ1v) is 7.05. The van der Waals surface area contributed by atoms with Crippen LogP contribution in [0, 0.1) is 16.0 Å². The number of benzene rings is 1. The number of halogens is 1. The molecule has 0 atom stereocenters. The molecule has 1 aromatic carbocycles. The van der Waals surface area contributed by atoms with E-state index in [1.54, 1.807) is 6.07 Å². The van der Waals surface area contributed by atoms with Gasteiger partial charge >= 0.3 is 0 Å². The zero-order chi connectivity index (χ0) is 14.3. The second-order valence-electron chi connectivity index (χ2n) is 4.64. The molecule has 0 aliphatic rings. The number of nitrogens with one attached hydrogen (secondary N) is 1. The molecular weight excluding hydrogens is 312 g/mol. The predicted molar refractivity (Wildman–Crippen MR) is 79.6 cm³/mol. The van der Waals surface area contributed by atoms with Gasteiger partial charge in [0, 0.05) is 35.4 Å². The third kappa shape index (κ3) is 6.02. The minimum atomic E-state index is -0.413. The fourth-order valence-electron chi connectivity index (χ4n) is 1.44. The van der Waals surface area contributed by atoms with E-state index < -0.39 is 4.92 Å². The van der Waals surface area contributed by atoms with Crippen molar-refractivity contribution in [3.63, 3.8) is 0 Å². The Morgan fingerprint density at radius 2 is 2.16 bits per heavy atom. The van der Waals surface area contributed by atoms with Crippen LogP contribution in [-0.2, 0) is 4.74 Å². The van der Waals surface area contributed by atoms with Crippen LogP contribution in [-0.4, -0.2) is 24.7 Å². The molecule has 0 bridgehead atoms. The number of nitro benzene ring substituents is 1. The Bertz CT molecular complexity index is 424. The topological polar surface area (TPSA) is 64.4 Å². The van der Waals surface area contributed by atoms with Gasteiger partial charge in [-0.15, -0.1) is 0 Å². The maximum Gasteiger partial charge on any atom is 0.270 e. The SMILES string of the molecule is CC(C)CCOCCNc1ccc([N+](=O)[O-])cc1Br. The highest BCUT2D eigenvalue weighted by atomic mass is 79.9. The summed E-state index contributed by atoms with van der Waals surface area (Å²) in [6, 6.07) is 4.66. The molecule has 106 valence electrons. The van der Waals surface area contributed by atoms with Gasteiger partial charge in [0.1, 0.15) is 0 Å². The van der Waals surface area contributed by atoms with Gasteiger partial charge in [0.05, 0.1) is 11.5 Å². The molecule has 19 heavy (non-hydrogen) atoms. The first kappa shape index (κ1) is 15.9. The number of ether oxygens (including phenoxy) is 1. The predicted octanol–water partition coefficient (Wildman–Crippen LogP) is 3.83. The van der Waals surface area contributed by atoms with Crippen LogP contribution < -0.4 is 5.32 Å². The van der Waals surface area contributed by atoms with E-state index in [0.29, 0.717) is 23.5 Å². The average Bonchev–Trinajstić information content (AvgIpc) is 2.34. The van der Waals surface area contributed by atoms with Crippen molar-refractivity contribution in [3.8, 4) is 0 Å². The molecule has 0 fully saturated rings. The minimum Gasteiger partial charge on any atom is -0.382 e. The van der Waals surface area contributed by atoms with Gasteiger partial charge in [-0.3, -0.25) is 10.1 Å². The summed E-state index contributed by atoms with van der Waals surface area (Å²) in [4.78, 5) is 10.2. The molecule has 0 aliphatic carbocycles. The van der Waals surface area contributed by atoms with Crippen molar-refractivity contribution >= 4 is 27.3 Å². The molecule has 5 nitrogen and oxygen atoms in total. The van der Waals surface area contributed by atoms with Gasteiger partial charge in [0.25, 0.3) is 5.69 Å². The van der Waals surface area contributed by atoms with Gasteiger partial charge < -0.3 is 10.1 Å². The molecule has 1 aromatic rings.